The molecule has 4 rings (SSSR count). The normalized spacial score (nSPS) is 28.4. The highest BCUT2D eigenvalue weighted by Crippen LogP contribution is 2.40. The van der Waals surface area contributed by atoms with Gasteiger partial charge in [0.15, 0.2) is 11.6 Å². The van der Waals surface area contributed by atoms with Crippen molar-refractivity contribution in [1.82, 2.24) is 0 Å². The topological polar surface area (TPSA) is 67.7 Å². The van der Waals surface area contributed by atoms with Crippen LogP contribution in [0.5, 0.6) is 0 Å². The van der Waals surface area contributed by atoms with Crippen LogP contribution in [0.2, 0.25) is 0 Å². The van der Waals surface area contributed by atoms with Gasteiger partial charge in [-0.15, -0.1) is 0 Å². The van der Waals surface area contributed by atoms with Crippen molar-refractivity contribution in [1.29, 1.82) is 0 Å². The lowest BCUT2D eigenvalue weighted by Gasteiger charge is -2.28. The Labute approximate surface area is 221 Å². The Morgan fingerprint density at radius 3 is 2.03 bits per heavy atom. The molecule has 8 heteroatoms. The molecule has 2 aliphatic heterocycles. The number of nitrogens with zero attached hydrogens (tertiary/aromatic N) is 1. The summed E-state index contributed by atoms with van der Waals surface area (Å²) in [4.78, 5) is 5.59. The van der Waals surface area contributed by atoms with Crippen molar-refractivity contribution in [2.75, 3.05) is 4.43 Å². The van der Waals surface area contributed by atoms with Crippen LogP contribution in [0.1, 0.15) is 38.8 Å². The third-order valence-electron chi connectivity index (χ3n) is 5.83. The summed E-state index contributed by atoms with van der Waals surface area (Å²) in [5.41, 5.74) is 2.09. The van der Waals surface area contributed by atoms with Gasteiger partial charge in [-0.3, -0.25) is 0 Å². The van der Waals surface area contributed by atoms with E-state index in [0.29, 0.717) is 13.2 Å². The van der Waals surface area contributed by atoms with Crippen LogP contribution < -0.4 is 0 Å². The minimum atomic E-state index is -0.811. The zero-order valence-electron chi connectivity index (χ0n) is 20.6. The maximum Gasteiger partial charge on any atom is 0.164 e. The molecular weight excluding hydrogens is 561 g/mol. The fraction of sp³-hybridized carbons (Fsp3) is 0.519. The van der Waals surface area contributed by atoms with Crippen LogP contribution in [0.25, 0.3) is 0 Å². The molecular formula is C27H34INO6. The molecule has 0 spiro atoms. The van der Waals surface area contributed by atoms with Gasteiger partial charge in [0.05, 0.1) is 18.9 Å². The van der Waals surface area contributed by atoms with Crippen LogP contribution in [0.4, 0.5) is 0 Å². The lowest BCUT2D eigenvalue weighted by molar-refractivity contribution is -0.175. The van der Waals surface area contributed by atoms with Gasteiger partial charge in [0.1, 0.15) is 31.0 Å². The Kier molecular flexibility index (Phi) is 8.83. The molecule has 1 unspecified atom stereocenters. The maximum absolute atomic E-state index is 6.37. The van der Waals surface area contributed by atoms with E-state index in [1.807, 2.05) is 88.4 Å². The van der Waals surface area contributed by atoms with Crippen LogP contribution in [0, 0.1) is 0 Å². The summed E-state index contributed by atoms with van der Waals surface area (Å²) in [5.74, 6) is -1.51. The molecule has 2 fully saturated rings. The van der Waals surface area contributed by atoms with Gasteiger partial charge in [0.25, 0.3) is 0 Å². The number of ether oxygens (including phenoxy) is 5. The molecule has 2 aromatic carbocycles. The molecule has 2 aliphatic rings. The zero-order chi connectivity index (χ0) is 24.9. The first-order valence-electron chi connectivity index (χ1n) is 11.9. The highest BCUT2D eigenvalue weighted by atomic mass is 127. The molecule has 5 atom stereocenters. The first kappa shape index (κ1) is 26.5. The molecule has 2 saturated heterocycles. The first-order chi connectivity index (χ1) is 16.8. The quantitative estimate of drug-likeness (QED) is 0.162. The van der Waals surface area contributed by atoms with E-state index in [4.69, 9.17) is 28.5 Å². The van der Waals surface area contributed by atoms with Crippen LogP contribution in [0.15, 0.2) is 65.8 Å². The molecule has 0 radical (unpaired) electrons. The van der Waals surface area contributed by atoms with Gasteiger partial charge >= 0.3 is 0 Å². The number of alkyl halides is 1. The fourth-order valence-electron chi connectivity index (χ4n) is 4.36. The van der Waals surface area contributed by atoms with E-state index in [9.17, 15) is 0 Å². The maximum atomic E-state index is 6.37. The van der Waals surface area contributed by atoms with Gasteiger partial charge in [0.2, 0.25) is 0 Å². The molecule has 0 saturated carbocycles. The molecule has 0 bridgehead atoms. The molecule has 0 amide bonds. The van der Waals surface area contributed by atoms with Gasteiger partial charge in [-0.25, -0.2) is 0 Å². The highest BCUT2D eigenvalue weighted by molar-refractivity contribution is 14.1. The number of oxime groups is 1. The summed E-state index contributed by atoms with van der Waals surface area (Å²) in [6.07, 6.45) is -0.181. The summed E-state index contributed by atoms with van der Waals surface area (Å²) < 4.78 is 32.3. The number of hydrogen-bond acceptors (Lipinski definition) is 7. The molecule has 7 nitrogen and oxygen atoms in total. The van der Waals surface area contributed by atoms with E-state index in [2.05, 4.69) is 27.7 Å². The van der Waals surface area contributed by atoms with Gasteiger partial charge in [-0.2, -0.15) is 0 Å². The second-order valence-corrected chi connectivity index (χ2v) is 10.5. The molecule has 0 aliphatic carbocycles. The van der Waals surface area contributed by atoms with Crippen molar-refractivity contribution in [2.24, 2.45) is 5.16 Å². The predicted octanol–water partition coefficient (Wildman–Crippen LogP) is 5.25. The average molecular weight is 595 g/mol. The summed E-state index contributed by atoms with van der Waals surface area (Å²) in [7, 11) is 0. The van der Waals surface area contributed by atoms with Crippen LogP contribution >= 0.6 is 22.6 Å². The Bertz CT molecular complexity index is 955. The molecule has 35 heavy (non-hydrogen) atoms. The van der Waals surface area contributed by atoms with E-state index < -0.39 is 29.9 Å². The van der Waals surface area contributed by atoms with Gasteiger partial charge in [-0.05, 0) is 38.8 Å². The van der Waals surface area contributed by atoms with Crippen molar-refractivity contribution in [3.05, 3.63) is 71.8 Å². The standard InChI is InChI=1S/C27H34INO6/c1-26(2)32-21(15-28)23(33-26)25-24(34-27(3,4)35-25)22(30-17-19-11-7-5-8-12-19)16-29-31-18-20-13-9-6-10-14-20/h5-14,16,21-25H,15,17-18H2,1-4H3/b29-16+/t21-,22?,23-,24+,25+/m1/s1. The number of benzene rings is 2. The monoisotopic (exact) mass is 595 g/mol. The number of hydrogen-bond donors (Lipinski definition) is 0. The second kappa shape index (κ2) is 11.7. The van der Waals surface area contributed by atoms with E-state index in [1.165, 1.54) is 0 Å². The Morgan fingerprint density at radius 1 is 0.829 bits per heavy atom. The number of halogens is 1. The fourth-order valence-corrected chi connectivity index (χ4v) is 5.05. The van der Waals surface area contributed by atoms with Gasteiger partial charge in [-0.1, -0.05) is 88.4 Å². The third-order valence-corrected chi connectivity index (χ3v) is 6.69. The Hall–Kier alpha value is -1.56. The Balaban J connectivity index is 1.53. The van der Waals surface area contributed by atoms with E-state index in [-0.39, 0.29) is 12.2 Å². The van der Waals surface area contributed by atoms with Gasteiger partial charge in [0, 0.05) is 4.43 Å². The summed E-state index contributed by atoms with van der Waals surface area (Å²) in [6, 6.07) is 19.9. The largest absolute Gasteiger partial charge is 0.391 e. The van der Waals surface area contributed by atoms with E-state index in [0.717, 1.165) is 15.6 Å². The lowest BCUT2D eigenvalue weighted by Crippen LogP contribution is -2.48. The average Bonchev–Trinajstić information content (AvgIpc) is 3.34. The minimum Gasteiger partial charge on any atom is -0.391 e. The van der Waals surface area contributed by atoms with Gasteiger partial charge < -0.3 is 28.5 Å². The van der Waals surface area contributed by atoms with Crippen LogP contribution in [-0.2, 0) is 41.7 Å². The third kappa shape index (κ3) is 7.24. The summed E-state index contributed by atoms with van der Waals surface area (Å²) in [5, 5.41) is 4.24. The van der Waals surface area contributed by atoms with Crippen LogP contribution in [-0.4, -0.2) is 52.7 Å². The van der Waals surface area contributed by atoms with Crippen molar-refractivity contribution in [3.63, 3.8) is 0 Å². The molecule has 0 N–H and O–H groups in total. The lowest BCUT2D eigenvalue weighted by atomic mass is 10.00. The predicted molar refractivity (Wildman–Crippen MR) is 141 cm³/mol. The zero-order valence-corrected chi connectivity index (χ0v) is 22.8. The molecule has 2 heterocycles. The van der Waals surface area contributed by atoms with Crippen LogP contribution in [0.3, 0.4) is 0 Å². The highest BCUT2D eigenvalue weighted by Gasteiger charge is 2.55. The SMILES string of the molecule is CC1(C)O[C@@H]([C@@H]2OC(C)(C)O[C@H]2C(/C=N/OCc2ccccc2)OCc2ccccc2)[C@@H](CI)O1. The number of rotatable bonds is 10. The second-order valence-electron chi connectivity index (χ2n) is 9.63. The van der Waals surface area contributed by atoms with E-state index >= 15 is 0 Å². The summed E-state index contributed by atoms with van der Waals surface area (Å²) >= 11 is 2.32. The summed E-state index contributed by atoms with van der Waals surface area (Å²) in [6.45, 7) is 8.40. The van der Waals surface area contributed by atoms with Crippen molar-refractivity contribution >= 4 is 28.8 Å². The first-order valence-corrected chi connectivity index (χ1v) is 13.4. The molecule has 190 valence electrons. The Morgan fingerprint density at radius 2 is 1.40 bits per heavy atom. The molecule has 0 aromatic heterocycles. The van der Waals surface area contributed by atoms with Crippen molar-refractivity contribution in [2.45, 2.75) is 83.0 Å². The van der Waals surface area contributed by atoms with Crippen molar-refractivity contribution < 1.29 is 28.5 Å². The van der Waals surface area contributed by atoms with E-state index in [1.54, 1.807) is 6.21 Å². The van der Waals surface area contributed by atoms with Crippen molar-refractivity contribution in [3.8, 4) is 0 Å². The minimum absolute atomic E-state index is 0.128. The smallest absolute Gasteiger partial charge is 0.164 e. The molecule has 2 aromatic rings.